The lowest BCUT2D eigenvalue weighted by atomic mass is 9.90. The molecule has 1 N–H and O–H groups in total. The molecule has 13 heteroatoms. The number of nitrogens with zero attached hydrogens (tertiary/aromatic N) is 6. The van der Waals surface area contributed by atoms with Crippen LogP contribution in [-0.4, -0.2) is 31.5 Å². The maximum atomic E-state index is 13.6. The van der Waals surface area contributed by atoms with Crippen LogP contribution in [0.1, 0.15) is 35.1 Å². The molecule has 1 aromatic carbocycles. The number of alkyl halides is 3. The zero-order valence-corrected chi connectivity index (χ0v) is 17.0. The van der Waals surface area contributed by atoms with E-state index >= 15 is 0 Å². The van der Waals surface area contributed by atoms with E-state index in [1.54, 1.807) is 9.47 Å². The van der Waals surface area contributed by atoms with Gasteiger partial charge < -0.3 is 9.47 Å². The number of nitriles is 1. The highest BCUT2D eigenvalue weighted by Gasteiger charge is 2.38. The first-order valence-corrected chi connectivity index (χ1v) is 9.72. The van der Waals surface area contributed by atoms with Gasteiger partial charge in [0.05, 0.1) is 36.0 Å². The summed E-state index contributed by atoms with van der Waals surface area (Å²) in [7, 11) is 0. The van der Waals surface area contributed by atoms with Crippen LogP contribution in [0.3, 0.4) is 0 Å². The molecule has 32 heavy (non-hydrogen) atoms. The van der Waals surface area contributed by atoms with Gasteiger partial charge in [0.25, 0.3) is 5.56 Å². The monoisotopic (exact) mass is 467 g/mol. The van der Waals surface area contributed by atoms with Gasteiger partial charge in [-0.3, -0.25) is 4.79 Å². The molecule has 3 aromatic rings. The van der Waals surface area contributed by atoms with Gasteiger partial charge in [0.1, 0.15) is 16.7 Å². The molecular weight excluding hydrogens is 454 g/mol. The van der Waals surface area contributed by atoms with E-state index in [4.69, 9.17) is 11.6 Å². The molecule has 166 valence electrons. The Morgan fingerprint density at radius 2 is 2.06 bits per heavy atom. The predicted molar refractivity (Wildman–Crippen MR) is 104 cm³/mol. The topological polar surface area (TPSA) is 103 Å². The van der Waals surface area contributed by atoms with E-state index in [9.17, 15) is 27.6 Å². The molecule has 0 radical (unpaired) electrons. The van der Waals surface area contributed by atoms with Crippen molar-refractivity contribution in [3.05, 3.63) is 68.4 Å². The molecule has 4 rings (SSSR count). The maximum Gasteiger partial charge on any atom is 0.416 e. The Bertz CT molecular complexity index is 1260. The smallest absolute Gasteiger partial charge is 0.360 e. The molecule has 0 saturated heterocycles. The minimum Gasteiger partial charge on any atom is -0.360 e. The Morgan fingerprint density at radius 1 is 1.28 bits per heavy atom. The Morgan fingerprint density at radius 3 is 2.78 bits per heavy atom. The lowest BCUT2D eigenvalue weighted by Gasteiger charge is -2.30. The number of aromatic amines is 1. The van der Waals surface area contributed by atoms with Crippen LogP contribution in [0.15, 0.2) is 29.2 Å². The fourth-order valence-corrected chi connectivity index (χ4v) is 3.96. The van der Waals surface area contributed by atoms with Crippen molar-refractivity contribution in [2.75, 3.05) is 11.4 Å². The zero-order valence-electron chi connectivity index (χ0n) is 16.2. The van der Waals surface area contributed by atoms with Crippen LogP contribution in [-0.2, 0) is 19.3 Å². The van der Waals surface area contributed by atoms with Crippen molar-refractivity contribution in [1.82, 2.24) is 25.0 Å². The third-order valence-electron chi connectivity index (χ3n) is 5.20. The van der Waals surface area contributed by atoms with E-state index in [1.807, 2.05) is 6.07 Å². The molecule has 0 aliphatic carbocycles. The summed E-state index contributed by atoms with van der Waals surface area (Å²) in [5, 5.41) is 23.3. The number of aromatic nitrogens is 5. The molecule has 1 aliphatic heterocycles. The quantitative estimate of drug-likeness (QED) is 0.591. The number of benzene rings is 1. The Kier molecular flexibility index (Phi) is 5.60. The normalized spacial score (nSPS) is 14.7. The molecule has 0 spiro atoms. The van der Waals surface area contributed by atoms with Crippen molar-refractivity contribution in [2.24, 2.45) is 0 Å². The number of hydrogen-bond donors (Lipinski definition) is 1. The highest BCUT2D eigenvalue weighted by Crippen LogP contribution is 2.39. The summed E-state index contributed by atoms with van der Waals surface area (Å²) < 4.78 is 55.9. The van der Waals surface area contributed by atoms with Crippen LogP contribution < -0.4 is 10.5 Å². The molecule has 0 fully saturated rings. The summed E-state index contributed by atoms with van der Waals surface area (Å²) >= 11 is 6.06. The highest BCUT2D eigenvalue weighted by molar-refractivity contribution is 6.32. The molecule has 2 aromatic heterocycles. The molecule has 3 heterocycles. The fraction of sp³-hybridized carbons (Fsp3) is 0.316. The number of hydrogen-bond acceptors (Lipinski definition) is 6. The molecular formula is C19H14ClF4N7O. The first kappa shape index (κ1) is 21.8. The van der Waals surface area contributed by atoms with Gasteiger partial charge in [0, 0.05) is 19.5 Å². The lowest BCUT2D eigenvalue weighted by molar-refractivity contribution is -0.138. The predicted octanol–water partition coefficient (Wildman–Crippen LogP) is 3.24. The van der Waals surface area contributed by atoms with E-state index in [2.05, 4.69) is 20.4 Å². The molecule has 8 nitrogen and oxygen atoms in total. The van der Waals surface area contributed by atoms with Gasteiger partial charge in [-0.15, -0.1) is 10.2 Å². The van der Waals surface area contributed by atoms with Crippen LogP contribution in [0.2, 0.25) is 5.02 Å². The van der Waals surface area contributed by atoms with Gasteiger partial charge >= 0.3 is 6.18 Å². The zero-order chi connectivity index (χ0) is 23.0. The summed E-state index contributed by atoms with van der Waals surface area (Å²) in [6.45, 7) is 0.787. The van der Waals surface area contributed by atoms with E-state index in [-0.39, 0.29) is 35.9 Å². The van der Waals surface area contributed by atoms with Crippen molar-refractivity contribution in [1.29, 1.82) is 5.26 Å². The van der Waals surface area contributed by atoms with Crippen LogP contribution in [0.5, 0.6) is 0 Å². The first-order valence-electron chi connectivity index (χ1n) is 9.34. The number of fused-ring (bicyclic) bond motifs is 1. The third-order valence-corrected chi connectivity index (χ3v) is 5.57. The number of anilines is 1. The molecule has 1 unspecified atom stereocenters. The molecule has 1 atom stereocenters. The second kappa shape index (κ2) is 8.23. The van der Waals surface area contributed by atoms with E-state index < -0.39 is 29.0 Å². The maximum absolute atomic E-state index is 13.6. The first-order chi connectivity index (χ1) is 15.2. The number of halogens is 5. The third kappa shape index (κ3) is 3.91. The Hall–Kier alpha value is -3.46. The highest BCUT2D eigenvalue weighted by atomic mass is 35.5. The van der Waals surface area contributed by atoms with E-state index in [1.165, 1.54) is 6.20 Å². The van der Waals surface area contributed by atoms with E-state index in [0.29, 0.717) is 24.1 Å². The second-order valence-corrected chi connectivity index (χ2v) is 7.47. The van der Waals surface area contributed by atoms with E-state index in [0.717, 1.165) is 12.1 Å². The molecule has 0 saturated carbocycles. The Labute approximate surface area is 183 Å². The van der Waals surface area contributed by atoms with Crippen molar-refractivity contribution in [2.45, 2.75) is 31.6 Å². The van der Waals surface area contributed by atoms with Gasteiger partial charge in [-0.1, -0.05) is 17.7 Å². The lowest BCUT2D eigenvalue weighted by Crippen LogP contribution is -2.35. The van der Waals surface area contributed by atoms with Gasteiger partial charge in [-0.05, 0) is 17.7 Å². The Balaban J connectivity index is 1.73. The number of rotatable bonds is 4. The standard InChI is InChI=1S/C19H14ClF4N7O/c20-16-14(8-26-29-18(16)32)30-5-6-31-15(9-30)27-28-17(31)12(3-4-25)11-2-1-10(21)7-13(11)19(22,23)24/h1-2,7-8,12H,3,5-6,9H2,(H,29,32). The van der Waals surface area contributed by atoms with Crippen molar-refractivity contribution in [3.63, 3.8) is 0 Å². The van der Waals surface area contributed by atoms with Crippen molar-refractivity contribution >= 4 is 17.3 Å². The van der Waals surface area contributed by atoms with Crippen LogP contribution in [0.4, 0.5) is 23.2 Å². The van der Waals surface area contributed by atoms with Gasteiger partial charge in [-0.2, -0.15) is 23.5 Å². The average molecular weight is 468 g/mol. The van der Waals surface area contributed by atoms with Gasteiger partial charge in [0.15, 0.2) is 5.82 Å². The van der Waals surface area contributed by atoms with Gasteiger partial charge in [-0.25, -0.2) is 9.49 Å². The summed E-state index contributed by atoms with van der Waals surface area (Å²) in [6.07, 6.45) is -3.72. The number of H-pyrrole nitrogens is 1. The second-order valence-electron chi connectivity index (χ2n) is 7.09. The van der Waals surface area contributed by atoms with Crippen LogP contribution in [0, 0.1) is 17.1 Å². The van der Waals surface area contributed by atoms with Crippen molar-refractivity contribution < 1.29 is 17.6 Å². The van der Waals surface area contributed by atoms with Gasteiger partial charge in [0.2, 0.25) is 0 Å². The largest absolute Gasteiger partial charge is 0.416 e. The molecule has 0 bridgehead atoms. The summed E-state index contributed by atoms with van der Waals surface area (Å²) in [5.74, 6) is -1.50. The summed E-state index contributed by atoms with van der Waals surface area (Å²) in [6, 6.07) is 4.25. The number of nitrogens with one attached hydrogen (secondary N) is 1. The fourth-order valence-electron chi connectivity index (χ4n) is 3.75. The van der Waals surface area contributed by atoms with Crippen LogP contribution >= 0.6 is 11.6 Å². The SMILES string of the molecule is N#CCC(c1ccc(F)cc1C(F)(F)F)c1nnc2n1CCN(c1cn[nH]c(=O)c1Cl)C2. The molecule has 0 amide bonds. The van der Waals surface area contributed by atoms with Crippen LogP contribution in [0.25, 0.3) is 0 Å². The summed E-state index contributed by atoms with van der Waals surface area (Å²) in [4.78, 5) is 13.5. The average Bonchev–Trinajstić information content (AvgIpc) is 3.16. The van der Waals surface area contributed by atoms with Crippen molar-refractivity contribution in [3.8, 4) is 6.07 Å². The minimum absolute atomic E-state index is 0.0447. The minimum atomic E-state index is -4.81. The summed E-state index contributed by atoms with van der Waals surface area (Å²) in [5.41, 5.74) is -1.58. The molecule has 1 aliphatic rings.